The highest BCUT2D eigenvalue weighted by Gasteiger charge is 2.54. The van der Waals surface area contributed by atoms with E-state index in [1.165, 1.54) is 27.8 Å². The molecule has 1 fully saturated rings. The number of nitrogens with one attached hydrogen (secondary N) is 1. The van der Waals surface area contributed by atoms with Gasteiger partial charge in [0.15, 0.2) is 5.82 Å². The van der Waals surface area contributed by atoms with Crippen LogP contribution < -0.4 is 16.0 Å². The number of imidazole rings is 1. The summed E-state index contributed by atoms with van der Waals surface area (Å²) in [5.74, 6) is -3.02. The lowest BCUT2D eigenvalue weighted by atomic mass is 9.91. The summed E-state index contributed by atoms with van der Waals surface area (Å²) in [4.78, 5) is 44.3. The van der Waals surface area contributed by atoms with Crippen molar-refractivity contribution in [3.63, 3.8) is 0 Å². The predicted octanol–water partition coefficient (Wildman–Crippen LogP) is 3.89. The van der Waals surface area contributed by atoms with Gasteiger partial charge in [0.25, 0.3) is 11.8 Å². The fourth-order valence-corrected chi connectivity index (χ4v) is 4.94. The van der Waals surface area contributed by atoms with E-state index in [9.17, 15) is 23.9 Å². The van der Waals surface area contributed by atoms with Crippen LogP contribution in [-0.4, -0.2) is 38.0 Å². The van der Waals surface area contributed by atoms with Gasteiger partial charge >= 0.3 is 5.97 Å². The van der Waals surface area contributed by atoms with Crippen LogP contribution in [0.1, 0.15) is 35.8 Å². The van der Waals surface area contributed by atoms with Gasteiger partial charge in [0.05, 0.1) is 21.9 Å². The number of amides is 2. The number of nitrogens with zero attached hydrogens (tertiary/aromatic N) is 3. The van der Waals surface area contributed by atoms with Crippen molar-refractivity contribution in [2.24, 2.45) is 0 Å². The molecule has 2 aliphatic rings. The van der Waals surface area contributed by atoms with Crippen LogP contribution in [-0.2, 0) is 21.5 Å². The Labute approximate surface area is 214 Å². The molecule has 0 spiro atoms. The average molecular weight is 532 g/mol. The first-order chi connectivity index (χ1) is 17.0. The number of nitrogen functional groups attached to an aromatic ring is 1. The van der Waals surface area contributed by atoms with E-state index in [1.807, 2.05) is 0 Å². The standard InChI is InChI=1S/C24H20Cl2FN5O4/c1-23(10-12-2-4-13(28)5-3-12)20(34)31(14-8-15(25)18(27)16(26)9-14)22-29-11-17(32(22)23)19(33)30-24(6-7-24)21(35)36/h2-5,8-9,11H,6-7,10,28H2,1H3,(H,30,33)(H,35,36)/t23-/m1/s1. The van der Waals surface area contributed by atoms with Crippen LogP contribution in [0.3, 0.4) is 0 Å². The maximum Gasteiger partial charge on any atom is 0.329 e. The minimum atomic E-state index is -1.36. The molecule has 2 aromatic carbocycles. The second kappa shape index (κ2) is 8.21. The second-order valence-electron chi connectivity index (χ2n) is 9.18. The summed E-state index contributed by atoms with van der Waals surface area (Å²) in [6, 6.07) is 9.42. The first-order valence-corrected chi connectivity index (χ1v) is 11.7. The number of hydrogen-bond donors (Lipinski definition) is 3. The average Bonchev–Trinajstić information content (AvgIpc) is 3.42. The molecule has 0 bridgehead atoms. The van der Waals surface area contributed by atoms with Crippen LogP contribution in [0.4, 0.5) is 21.7 Å². The Bertz CT molecular complexity index is 1410. The first-order valence-electron chi connectivity index (χ1n) is 10.9. The van der Waals surface area contributed by atoms with Crippen LogP contribution in [0, 0.1) is 5.82 Å². The minimum absolute atomic E-state index is 0.00521. The lowest BCUT2D eigenvalue weighted by molar-refractivity contribution is -0.140. The summed E-state index contributed by atoms with van der Waals surface area (Å²) in [5.41, 5.74) is 4.58. The van der Waals surface area contributed by atoms with Crippen LogP contribution in [0.2, 0.25) is 10.0 Å². The van der Waals surface area contributed by atoms with E-state index in [1.54, 1.807) is 31.2 Å². The molecule has 2 amide bonds. The molecule has 2 heterocycles. The molecule has 186 valence electrons. The molecule has 3 aromatic rings. The molecule has 1 aliphatic carbocycles. The fourth-order valence-electron chi connectivity index (χ4n) is 4.46. The smallest absolute Gasteiger partial charge is 0.329 e. The van der Waals surface area contributed by atoms with E-state index < -0.39 is 34.7 Å². The number of nitrogens with two attached hydrogens (primary N) is 1. The summed E-state index contributed by atoms with van der Waals surface area (Å²) >= 11 is 12.0. The number of aromatic nitrogens is 2. The largest absolute Gasteiger partial charge is 0.480 e. The zero-order chi connectivity index (χ0) is 26.0. The van der Waals surface area contributed by atoms with E-state index in [4.69, 9.17) is 28.9 Å². The Balaban J connectivity index is 1.63. The predicted molar refractivity (Wildman–Crippen MR) is 131 cm³/mol. The van der Waals surface area contributed by atoms with Crippen LogP contribution >= 0.6 is 23.2 Å². The number of carboxylic acids is 1. The molecule has 5 rings (SSSR count). The van der Waals surface area contributed by atoms with Crippen molar-refractivity contribution >= 4 is 58.3 Å². The topological polar surface area (TPSA) is 131 Å². The van der Waals surface area contributed by atoms with Crippen molar-refractivity contribution in [3.8, 4) is 0 Å². The van der Waals surface area contributed by atoms with Crippen molar-refractivity contribution in [1.29, 1.82) is 0 Å². The molecular weight excluding hydrogens is 512 g/mol. The monoisotopic (exact) mass is 531 g/mol. The molecule has 0 radical (unpaired) electrons. The quantitative estimate of drug-likeness (QED) is 0.326. The number of fused-ring (bicyclic) bond motifs is 1. The number of rotatable bonds is 6. The molecule has 0 unspecified atom stereocenters. The number of benzene rings is 2. The Morgan fingerprint density at radius 1 is 1.19 bits per heavy atom. The lowest BCUT2D eigenvalue weighted by Crippen LogP contribution is -2.46. The maximum atomic E-state index is 14.1. The molecule has 1 aliphatic heterocycles. The third kappa shape index (κ3) is 3.68. The number of carboxylic acid groups (broad SMARTS) is 1. The molecule has 0 saturated heterocycles. The molecular formula is C24H20Cl2FN5O4. The van der Waals surface area contributed by atoms with Crippen LogP contribution in [0.25, 0.3) is 0 Å². The van der Waals surface area contributed by atoms with Crippen LogP contribution in [0.15, 0.2) is 42.6 Å². The van der Waals surface area contributed by atoms with Gasteiger partial charge in [-0.1, -0.05) is 35.3 Å². The number of aliphatic carboxylic acids is 1. The normalized spacial score (nSPS) is 19.8. The highest BCUT2D eigenvalue weighted by atomic mass is 35.5. The van der Waals surface area contributed by atoms with Gasteiger partial charge < -0.3 is 16.2 Å². The highest BCUT2D eigenvalue weighted by molar-refractivity contribution is 6.35. The molecule has 1 atom stereocenters. The molecule has 4 N–H and O–H groups in total. The SMILES string of the molecule is C[C@@]1(Cc2ccc(N)cc2)C(=O)N(c2cc(Cl)c(F)c(Cl)c2)c2ncc(C(=O)NC3(C(=O)O)CC3)n21. The highest BCUT2D eigenvalue weighted by Crippen LogP contribution is 2.44. The second-order valence-corrected chi connectivity index (χ2v) is 9.99. The van der Waals surface area contributed by atoms with Gasteiger partial charge in [0.1, 0.15) is 16.8 Å². The minimum Gasteiger partial charge on any atom is -0.480 e. The summed E-state index contributed by atoms with van der Waals surface area (Å²) in [5, 5.41) is 11.5. The number of carbonyl (C=O) groups is 3. The van der Waals surface area contributed by atoms with Crippen LogP contribution in [0.5, 0.6) is 0 Å². The van der Waals surface area contributed by atoms with E-state index in [-0.39, 0.29) is 33.8 Å². The molecule has 36 heavy (non-hydrogen) atoms. The van der Waals surface area contributed by atoms with Gasteiger partial charge in [-0.2, -0.15) is 0 Å². The third-order valence-electron chi connectivity index (χ3n) is 6.60. The van der Waals surface area contributed by atoms with Gasteiger partial charge in [-0.05, 0) is 49.6 Å². The van der Waals surface area contributed by atoms with Gasteiger partial charge in [0, 0.05) is 12.1 Å². The Morgan fingerprint density at radius 2 is 1.81 bits per heavy atom. The Morgan fingerprint density at radius 3 is 2.36 bits per heavy atom. The summed E-state index contributed by atoms with van der Waals surface area (Å²) in [6.07, 6.45) is 2.03. The van der Waals surface area contributed by atoms with Crippen molar-refractivity contribution in [3.05, 3.63) is 69.7 Å². The number of halogens is 3. The third-order valence-corrected chi connectivity index (χ3v) is 7.15. The Kier molecular flexibility index (Phi) is 5.49. The van der Waals surface area contributed by atoms with Gasteiger partial charge in [-0.15, -0.1) is 0 Å². The van der Waals surface area contributed by atoms with E-state index in [0.29, 0.717) is 18.5 Å². The van der Waals surface area contributed by atoms with Crippen molar-refractivity contribution in [2.45, 2.75) is 37.3 Å². The summed E-state index contributed by atoms with van der Waals surface area (Å²) < 4.78 is 15.6. The number of anilines is 3. The molecule has 1 saturated carbocycles. The van der Waals surface area contributed by atoms with E-state index >= 15 is 0 Å². The van der Waals surface area contributed by atoms with Crippen molar-refractivity contribution in [2.75, 3.05) is 10.6 Å². The maximum absolute atomic E-state index is 14.1. The number of hydrogen-bond acceptors (Lipinski definition) is 5. The summed E-state index contributed by atoms with van der Waals surface area (Å²) in [6.45, 7) is 1.64. The van der Waals surface area contributed by atoms with Crippen molar-refractivity contribution in [1.82, 2.24) is 14.9 Å². The Hall–Kier alpha value is -3.63. The molecule has 12 heteroatoms. The molecule has 1 aromatic heterocycles. The van der Waals surface area contributed by atoms with Gasteiger partial charge in [-0.25, -0.2) is 19.1 Å². The summed E-state index contributed by atoms with van der Waals surface area (Å²) in [7, 11) is 0. The van der Waals surface area contributed by atoms with Crippen molar-refractivity contribution < 1.29 is 23.9 Å². The first kappa shape index (κ1) is 24.1. The number of carbonyl (C=O) groups excluding carboxylic acids is 2. The zero-order valence-electron chi connectivity index (χ0n) is 18.9. The van der Waals surface area contributed by atoms with Gasteiger partial charge in [0.2, 0.25) is 5.95 Å². The van der Waals surface area contributed by atoms with E-state index in [2.05, 4.69) is 10.3 Å². The fraction of sp³-hybridized carbons (Fsp3) is 0.250. The lowest BCUT2D eigenvalue weighted by Gasteiger charge is -2.27. The van der Waals surface area contributed by atoms with E-state index in [0.717, 1.165) is 5.56 Å². The zero-order valence-corrected chi connectivity index (χ0v) is 20.4. The molecule has 9 nitrogen and oxygen atoms in total. The van der Waals surface area contributed by atoms with Gasteiger partial charge in [-0.3, -0.25) is 14.2 Å².